The molecule has 112 valence electrons. The molecule has 0 aliphatic carbocycles. The highest BCUT2D eigenvalue weighted by Gasteiger charge is 2.23. The van der Waals surface area contributed by atoms with E-state index in [1.807, 2.05) is 0 Å². The minimum Gasteiger partial charge on any atom is -0.313 e. The molecule has 2 aliphatic rings. The van der Waals surface area contributed by atoms with E-state index < -0.39 is 10.0 Å². The van der Waals surface area contributed by atoms with Crippen molar-refractivity contribution in [2.24, 2.45) is 5.92 Å². The second-order valence-corrected chi connectivity index (χ2v) is 7.90. The summed E-state index contributed by atoms with van der Waals surface area (Å²) >= 11 is 0. The fraction of sp³-hybridized carbons (Fsp3) is 1.00. The summed E-state index contributed by atoms with van der Waals surface area (Å²) in [6.07, 6.45) is 5.59. The van der Waals surface area contributed by atoms with Gasteiger partial charge in [-0.3, -0.25) is 0 Å². The number of likely N-dealkylation sites (tertiary alicyclic amines) is 1. The second kappa shape index (κ2) is 7.02. The van der Waals surface area contributed by atoms with Crippen LogP contribution in [-0.2, 0) is 10.0 Å². The SMILES string of the molecule is CN1CCCC(CNS(=O)(=O)CC2CCCCN2)C1. The van der Waals surface area contributed by atoms with Crippen LogP contribution >= 0.6 is 0 Å². The molecular formula is C13H27N3O2S. The molecule has 6 heteroatoms. The van der Waals surface area contributed by atoms with Gasteiger partial charge in [0.1, 0.15) is 0 Å². The van der Waals surface area contributed by atoms with Crippen LogP contribution in [0.1, 0.15) is 32.1 Å². The van der Waals surface area contributed by atoms with Crippen LogP contribution in [-0.4, -0.2) is 58.3 Å². The van der Waals surface area contributed by atoms with E-state index in [1.54, 1.807) is 0 Å². The molecule has 19 heavy (non-hydrogen) atoms. The summed E-state index contributed by atoms with van der Waals surface area (Å²) in [7, 11) is -1.03. The summed E-state index contributed by atoms with van der Waals surface area (Å²) in [5.41, 5.74) is 0. The van der Waals surface area contributed by atoms with Crippen LogP contribution in [0.25, 0.3) is 0 Å². The Labute approximate surface area is 117 Å². The zero-order valence-corrected chi connectivity index (χ0v) is 12.7. The largest absolute Gasteiger partial charge is 0.313 e. The van der Waals surface area contributed by atoms with E-state index in [4.69, 9.17) is 0 Å². The van der Waals surface area contributed by atoms with E-state index >= 15 is 0 Å². The molecule has 2 N–H and O–H groups in total. The molecule has 0 aromatic rings. The average Bonchev–Trinajstić information content (AvgIpc) is 2.37. The number of hydrogen-bond acceptors (Lipinski definition) is 4. The van der Waals surface area contributed by atoms with E-state index in [1.165, 1.54) is 12.8 Å². The third kappa shape index (κ3) is 5.38. The molecule has 0 bridgehead atoms. The molecule has 0 aromatic heterocycles. The fourth-order valence-electron chi connectivity index (χ4n) is 3.07. The number of nitrogens with zero attached hydrogens (tertiary/aromatic N) is 1. The van der Waals surface area contributed by atoms with Crippen molar-refractivity contribution in [3.05, 3.63) is 0 Å². The number of nitrogens with one attached hydrogen (secondary N) is 2. The van der Waals surface area contributed by atoms with Crippen LogP contribution in [0.4, 0.5) is 0 Å². The quantitative estimate of drug-likeness (QED) is 0.769. The normalized spacial score (nSPS) is 30.4. The predicted octanol–water partition coefficient (Wildman–Crippen LogP) is 0.390. The maximum Gasteiger partial charge on any atom is 0.213 e. The van der Waals surface area contributed by atoms with Crippen molar-refractivity contribution in [2.45, 2.75) is 38.1 Å². The molecule has 0 radical (unpaired) electrons. The third-order valence-electron chi connectivity index (χ3n) is 4.15. The number of sulfonamides is 1. The van der Waals surface area contributed by atoms with E-state index in [-0.39, 0.29) is 11.8 Å². The summed E-state index contributed by atoms with van der Waals surface area (Å²) in [6.45, 7) is 3.69. The molecule has 2 rings (SSSR count). The topological polar surface area (TPSA) is 61.4 Å². The number of hydrogen-bond donors (Lipinski definition) is 2. The maximum atomic E-state index is 12.1. The summed E-state index contributed by atoms with van der Waals surface area (Å²) in [4.78, 5) is 2.28. The number of piperidine rings is 2. The first-order chi connectivity index (χ1) is 9.05. The van der Waals surface area contributed by atoms with Gasteiger partial charge in [0.25, 0.3) is 0 Å². The highest BCUT2D eigenvalue weighted by molar-refractivity contribution is 7.89. The lowest BCUT2D eigenvalue weighted by molar-refractivity contribution is 0.211. The van der Waals surface area contributed by atoms with Gasteiger partial charge < -0.3 is 10.2 Å². The Hall–Kier alpha value is -0.170. The van der Waals surface area contributed by atoms with Crippen LogP contribution in [0.5, 0.6) is 0 Å². The Balaban J connectivity index is 1.73. The summed E-state index contributed by atoms with van der Waals surface area (Å²) in [5.74, 6) is 0.697. The molecule has 2 atom stereocenters. The van der Waals surface area contributed by atoms with E-state index in [0.717, 1.165) is 38.9 Å². The van der Waals surface area contributed by atoms with Crippen LogP contribution in [0.15, 0.2) is 0 Å². The molecule has 0 saturated carbocycles. The molecule has 5 nitrogen and oxygen atoms in total. The van der Waals surface area contributed by atoms with Gasteiger partial charge in [-0.15, -0.1) is 0 Å². The van der Waals surface area contributed by atoms with Gasteiger partial charge in [0.15, 0.2) is 0 Å². The van der Waals surface area contributed by atoms with Crippen molar-refractivity contribution < 1.29 is 8.42 Å². The second-order valence-electron chi connectivity index (χ2n) is 6.05. The number of rotatable bonds is 5. The fourth-order valence-corrected chi connectivity index (χ4v) is 4.50. The lowest BCUT2D eigenvalue weighted by Gasteiger charge is -2.30. The molecule has 0 spiro atoms. The van der Waals surface area contributed by atoms with Gasteiger partial charge >= 0.3 is 0 Å². The minimum absolute atomic E-state index is 0.139. The highest BCUT2D eigenvalue weighted by atomic mass is 32.2. The van der Waals surface area contributed by atoms with Crippen molar-refractivity contribution in [1.29, 1.82) is 0 Å². The molecule has 0 aromatic carbocycles. The molecule has 2 fully saturated rings. The lowest BCUT2D eigenvalue weighted by atomic mass is 9.99. The maximum absolute atomic E-state index is 12.1. The molecule has 2 heterocycles. The van der Waals surface area contributed by atoms with Crippen LogP contribution in [0, 0.1) is 5.92 Å². The van der Waals surface area contributed by atoms with Crippen molar-refractivity contribution in [3.63, 3.8) is 0 Å². The minimum atomic E-state index is -3.13. The first kappa shape index (κ1) is 15.2. The van der Waals surface area contributed by atoms with Gasteiger partial charge in [-0.05, 0) is 51.7 Å². The average molecular weight is 289 g/mol. The zero-order chi connectivity index (χ0) is 13.7. The van der Waals surface area contributed by atoms with Gasteiger partial charge in [0.05, 0.1) is 5.75 Å². The summed E-state index contributed by atoms with van der Waals surface area (Å²) < 4.78 is 26.9. The first-order valence-electron chi connectivity index (χ1n) is 7.44. The smallest absolute Gasteiger partial charge is 0.213 e. The molecular weight excluding hydrogens is 262 g/mol. The van der Waals surface area contributed by atoms with Crippen molar-refractivity contribution in [3.8, 4) is 0 Å². The predicted molar refractivity (Wildman–Crippen MR) is 77.7 cm³/mol. The highest BCUT2D eigenvalue weighted by Crippen LogP contribution is 2.14. The standard InChI is InChI=1S/C13H27N3O2S/c1-16-8-4-5-12(10-16)9-15-19(17,18)11-13-6-2-3-7-14-13/h12-15H,2-11H2,1H3. The van der Waals surface area contributed by atoms with E-state index in [0.29, 0.717) is 12.5 Å². The molecule has 2 unspecified atom stereocenters. The van der Waals surface area contributed by atoms with Gasteiger partial charge in [0.2, 0.25) is 10.0 Å². The summed E-state index contributed by atoms with van der Waals surface area (Å²) in [6, 6.07) is 0.139. The van der Waals surface area contributed by atoms with Crippen molar-refractivity contribution in [2.75, 3.05) is 39.0 Å². The zero-order valence-electron chi connectivity index (χ0n) is 11.9. The van der Waals surface area contributed by atoms with Crippen LogP contribution < -0.4 is 10.0 Å². The summed E-state index contributed by atoms with van der Waals surface area (Å²) in [5, 5.41) is 3.29. The Morgan fingerprint density at radius 2 is 2.11 bits per heavy atom. The van der Waals surface area contributed by atoms with Crippen molar-refractivity contribution in [1.82, 2.24) is 14.9 Å². The van der Waals surface area contributed by atoms with Crippen molar-refractivity contribution >= 4 is 10.0 Å². The van der Waals surface area contributed by atoms with Crippen LogP contribution in [0.2, 0.25) is 0 Å². The Morgan fingerprint density at radius 3 is 2.79 bits per heavy atom. The van der Waals surface area contributed by atoms with E-state index in [2.05, 4.69) is 22.0 Å². The third-order valence-corrected chi connectivity index (χ3v) is 5.59. The first-order valence-corrected chi connectivity index (χ1v) is 9.10. The molecule has 0 amide bonds. The van der Waals surface area contributed by atoms with Crippen LogP contribution in [0.3, 0.4) is 0 Å². The monoisotopic (exact) mass is 289 g/mol. The van der Waals surface area contributed by atoms with Gasteiger partial charge in [-0.2, -0.15) is 0 Å². The van der Waals surface area contributed by atoms with Gasteiger partial charge in [-0.1, -0.05) is 6.42 Å². The van der Waals surface area contributed by atoms with Gasteiger partial charge in [0, 0.05) is 19.1 Å². The lowest BCUT2D eigenvalue weighted by Crippen LogP contribution is -2.45. The molecule has 2 saturated heterocycles. The Morgan fingerprint density at radius 1 is 1.26 bits per heavy atom. The Kier molecular flexibility index (Phi) is 5.62. The van der Waals surface area contributed by atoms with Gasteiger partial charge in [-0.25, -0.2) is 13.1 Å². The van der Waals surface area contributed by atoms with E-state index in [9.17, 15) is 8.42 Å². The molecule has 2 aliphatic heterocycles. The Bertz CT molecular complexity index is 366.